The molecular weight excluding hydrogens is 230 g/mol. The maximum Gasteiger partial charge on any atom is 0.221 e. The monoisotopic (exact) mass is 247 g/mol. The maximum atomic E-state index is 5.15. The van der Waals surface area contributed by atoms with E-state index in [0.29, 0.717) is 5.88 Å². The summed E-state index contributed by atoms with van der Waals surface area (Å²) < 4.78 is 6.95. The largest absolute Gasteiger partial charge is 0.481 e. The van der Waals surface area contributed by atoms with Gasteiger partial charge in [-0.3, -0.25) is 4.68 Å². The molecule has 96 valence electrons. The molecular formula is C12H17N5O. The van der Waals surface area contributed by atoms with Crippen LogP contribution in [0.2, 0.25) is 0 Å². The number of anilines is 1. The Morgan fingerprint density at radius 2 is 2.22 bits per heavy atom. The molecule has 2 heterocycles. The molecule has 0 atom stereocenters. The highest BCUT2D eigenvalue weighted by Crippen LogP contribution is 2.19. The Labute approximate surface area is 106 Å². The van der Waals surface area contributed by atoms with Gasteiger partial charge in [0, 0.05) is 19.8 Å². The summed E-state index contributed by atoms with van der Waals surface area (Å²) in [7, 11) is 3.52. The van der Waals surface area contributed by atoms with Crippen molar-refractivity contribution >= 4 is 5.82 Å². The third-order valence-corrected chi connectivity index (χ3v) is 2.70. The highest BCUT2D eigenvalue weighted by molar-refractivity contribution is 5.47. The Balaban J connectivity index is 1.94. The second-order valence-electron chi connectivity index (χ2n) is 4.06. The first-order valence-corrected chi connectivity index (χ1v) is 5.77. The van der Waals surface area contributed by atoms with E-state index in [9.17, 15) is 0 Å². The molecule has 18 heavy (non-hydrogen) atoms. The molecule has 2 aromatic heterocycles. The van der Waals surface area contributed by atoms with Crippen LogP contribution in [0.15, 0.2) is 18.7 Å². The van der Waals surface area contributed by atoms with Crippen LogP contribution in [0.4, 0.5) is 5.82 Å². The third kappa shape index (κ3) is 2.77. The number of hydrogen-bond acceptors (Lipinski definition) is 5. The predicted octanol–water partition coefficient (Wildman–Crippen LogP) is 1.18. The molecule has 0 amide bonds. The normalized spacial score (nSPS) is 10.4. The average Bonchev–Trinajstić information content (AvgIpc) is 2.77. The van der Waals surface area contributed by atoms with Gasteiger partial charge in [0.1, 0.15) is 12.1 Å². The lowest BCUT2D eigenvalue weighted by Crippen LogP contribution is -2.08. The molecule has 0 saturated heterocycles. The van der Waals surface area contributed by atoms with Gasteiger partial charge in [-0.2, -0.15) is 5.10 Å². The Hall–Kier alpha value is -2.11. The SMILES string of the molecule is COc1ncnc(NCCc2cnn(C)c2)c1C. The zero-order valence-electron chi connectivity index (χ0n) is 10.8. The average molecular weight is 247 g/mol. The first-order valence-electron chi connectivity index (χ1n) is 5.77. The molecule has 0 aliphatic heterocycles. The molecule has 0 radical (unpaired) electrons. The summed E-state index contributed by atoms with van der Waals surface area (Å²) in [5, 5.41) is 7.41. The van der Waals surface area contributed by atoms with E-state index >= 15 is 0 Å². The van der Waals surface area contributed by atoms with Gasteiger partial charge in [-0.25, -0.2) is 9.97 Å². The van der Waals surface area contributed by atoms with Gasteiger partial charge in [0.2, 0.25) is 5.88 Å². The smallest absolute Gasteiger partial charge is 0.221 e. The standard InChI is InChI=1S/C12H17N5O/c1-9-11(14-8-15-12(9)18-3)13-5-4-10-6-16-17(2)7-10/h6-8H,4-5H2,1-3H3,(H,13,14,15). The van der Waals surface area contributed by atoms with Crippen molar-refractivity contribution in [3.05, 3.63) is 29.8 Å². The number of methoxy groups -OCH3 is 1. The molecule has 0 aliphatic carbocycles. The number of aryl methyl sites for hydroxylation is 1. The Kier molecular flexibility index (Phi) is 3.76. The fourth-order valence-corrected chi connectivity index (χ4v) is 1.74. The van der Waals surface area contributed by atoms with Crippen LogP contribution in [-0.2, 0) is 13.5 Å². The third-order valence-electron chi connectivity index (χ3n) is 2.70. The number of rotatable bonds is 5. The molecule has 6 nitrogen and oxygen atoms in total. The van der Waals surface area contributed by atoms with E-state index < -0.39 is 0 Å². The van der Waals surface area contributed by atoms with Crippen LogP contribution in [0.1, 0.15) is 11.1 Å². The van der Waals surface area contributed by atoms with Crippen LogP contribution in [-0.4, -0.2) is 33.4 Å². The van der Waals surface area contributed by atoms with Gasteiger partial charge in [-0.15, -0.1) is 0 Å². The molecule has 1 N–H and O–H groups in total. The number of aromatic nitrogens is 4. The molecule has 6 heteroatoms. The molecule has 0 bridgehead atoms. The van der Waals surface area contributed by atoms with Crippen molar-refractivity contribution in [2.75, 3.05) is 19.0 Å². The van der Waals surface area contributed by atoms with Gasteiger partial charge < -0.3 is 10.1 Å². The Morgan fingerprint density at radius 3 is 2.89 bits per heavy atom. The van der Waals surface area contributed by atoms with E-state index in [0.717, 1.165) is 24.3 Å². The van der Waals surface area contributed by atoms with Crippen LogP contribution in [0.3, 0.4) is 0 Å². The number of nitrogens with one attached hydrogen (secondary N) is 1. The minimum atomic E-state index is 0.605. The van der Waals surface area contributed by atoms with E-state index in [2.05, 4.69) is 20.4 Å². The lowest BCUT2D eigenvalue weighted by atomic mass is 10.2. The van der Waals surface area contributed by atoms with E-state index in [1.807, 2.05) is 26.4 Å². The van der Waals surface area contributed by atoms with E-state index in [-0.39, 0.29) is 0 Å². The fraction of sp³-hybridized carbons (Fsp3) is 0.417. The van der Waals surface area contributed by atoms with Gasteiger partial charge in [0.05, 0.1) is 18.9 Å². The molecule has 2 rings (SSSR count). The summed E-state index contributed by atoms with van der Waals surface area (Å²) in [6, 6.07) is 0. The lowest BCUT2D eigenvalue weighted by Gasteiger charge is -2.09. The van der Waals surface area contributed by atoms with E-state index in [4.69, 9.17) is 4.74 Å². The van der Waals surface area contributed by atoms with Gasteiger partial charge >= 0.3 is 0 Å². The van der Waals surface area contributed by atoms with Crippen LogP contribution < -0.4 is 10.1 Å². The summed E-state index contributed by atoms with van der Waals surface area (Å²) in [5.41, 5.74) is 2.12. The first kappa shape index (κ1) is 12.3. The maximum absolute atomic E-state index is 5.15. The zero-order chi connectivity index (χ0) is 13.0. The Bertz CT molecular complexity index is 523. The minimum Gasteiger partial charge on any atom is -0.481 e. The molecule has 0 saturated carbocycles. The minimum absolute atomic E-state index is 0.605. The molecule has 0 aromatic carbocycles. The second-order valence-corrected chi connectivity index (χ2v) is 4.06. The van der Waals surface area contributed by atoms with Gasteiger partial charge in [0.15, 0.2) is 0 Å². The van der Waals surface area contributed by atoms with E-state index in [1.54, 1.807) is 11.8 Å². The highest BCUT2D eigenvalue weighted by Gasteiger charge is 2.06. The van der Waals surface area contributed by atoms with Crippen molar-refractivity contribution in [3.8, 4) is 5.88 Å². The molecule has 0 fully saturated rings. The topological polar surface area (TPSA) is 64.9 Å². The molecule has 0 spiro atoms. The number of ether oxygens (including phenoxy) is 1. The zero-order valence-corrected chi connectivity index (χ0v) is 10.8. The van der Waals surface area contributed by atoms with Crippen LogP contribution in [0, 0.1) is 6.92 Å². The van der Waals surface area contributed by atoms with Crippen molar-refractivity contribution in [2.24, 2.45) is 7.05 Å². The predicted molar refractivity (Wildman–Crippen MR) is 68.7 cm³/mol. The van der Waals surface area contributed by atoms with Crippen molar-refractivity contribution in [1.29, 1.82) is 0 Å². The fourth-order valence-electron chi connectivity index (χ4n) is 1.74. The number of hydrogen-bond donors (Lipinski definition) is 1. The van der Waals surface area contributed by atoms with Crippen LogP contribution in [0.5, 0.6) is 5.88 Å². The van der Waals surface area contributed by atoms with Gasteiger partial charge in [0.25, 0.3) is 0 Å². The first-order chi connectivity index (χ1) is 8.70. The second kappa shape index (κ2) is 5.48. The molecule has 2 aromatic rings. The number of nitrogens with zero attached hydrogens (tertiary/aromatic N) is 4. The quantitative estimate of drug-likeness (QED) is 0.859. The van der Waals surface area contributed by atoms with Crippen molar-refractivity contribution < 1.29 is 4.74 Å². The van der Waals surface area contributed by atoms with E-state index in [1.165, 1.54) is 11.9 Å². The lowest BCUT2D eigenvalue weighted by molar-refractivity contribution is 0.393. The summed E-state index contributed by atoms with van der Waals surface area (Å²) in [6.07, 6.45) is 6.28. The summed E-state index contributed by atoms with van der Waals surface area (Å²) in [5.74, 6) is 1.42. The van der Waals surface area contributed by atoms with Crippen molar-refractivity contribution in [3.63, 3.8) is 0 Å². The van der Waals surface area contributed by atoms with Crippen molar-refractivity contribution in [1.82, 2.24) is 19.7 Å². The Morgan fingerprint density at radius 1 is 1.39 bits per heavy atom. The van der Waals surface area contributed by atoms with Crippen LogP contribution in [0.25, 0.3) is 0 Å². The van der Waals surface area contributed by atoms with Gasteiger partial charge in [-0.05, 0) is 18.9 Å². The van der Waals surface area contributed by atoms with Crippen LogP contribution >= 0.6 is 0 Å². The van der Waals surface area contributed by atoms with Gasteiger partial charge in [-0.1, -0.05) is 0 Å². The molecule has 0 unspecified atom stereocenters. The summed E-state index contributed by atoms with van der Waals surface area (Å²) >= 11 is 0. The summed E-state index contributed by atoms with van der Waals surface area (Å²) in [6.45, 7) is 2.73. The summed E-state index contributed by atoms with van der Waals surface area (Å²) in [4.78, 5) is 8.24. The highest BCUT2D eigenvalue weighted by atomic mass is 16.5. The molecule has 0 aliphatic rings. The van der Waals surface area contributed by atoms with Crippen molar-refractivity contribution in [2.45, 2.75) is 13.3 Å².